The maximum absolute atomic E-state index is 12.8. The molecule has 1 aromatic rings. The predicted molar refractivity (Wildman–Crippen MR) is 74.5 cm³/mol. The minimum absolute atomic E-state index is 0.0498. The van der Waals surface area contributed by atoms with Crippen LogP contribution in [0, 0.1) is 5.82 Å². The SMILES string of the molecule is CCS(=O)(=O)N1CCC[C@@H]1CC(=O)c1ccc(F)cc1. The van der Waals surface area contributed by atoms with E-state index in [-0.39, 0.29) is 24.0 Å². The summed E-state index contributed by atoms with van der Waals surface area (Å²) in [5.41, 5.74) is 0.423. The van der Waals surface area contributed by atoms with E-state index in [0.717, 1.165) is 6.42 Å². The fraction of sp³-hybridized carbons (Fsp3) is 0.500. The first-order valence-corrected chi connectivity index (χ1v) is 8.33. The molecule has 0 aromatic heterocycles. The first kappa shape index (κ1) is 15.1. The number of carbonyl (C=O) groups excluding carboxylic acids is 1. The van der Waals surface area contributed by atoms with Crippen molar-refractivity contribution in [3.05, 3.63) is 35.6 Å². The van der Waals surface area contributed by atoms with Crippen LogP contribution in [0.25, 0.3) is 0 Å². The molecular formula is C14H18FNO3S. The van der Waals surface area contributed by atoms with E-state index in [2.05, 4.69) is 0 Å². The van der Waals surface area contributed by atoms with Gasteiger partial charge in [0, 0.05) is 24.6 Å². The Labute approximate surface area is 118 Å². The Kier molecular flexibility index (Phi) is 4.55. The molecule has 2 rings (SSSR count). The van der Waals surface area contributed by atoms with Crippen molar-refractivity contribution in [2.45, 2.75) is 32.2 Å². The molecule has 6 heteroatoms. The van der Waals surface area contributed by atoms with Crippen LogP contribution in [-0.2, 0) is 10.0 Å². The number of hydrogen-bond donors (Lipinski definition) is 0. The number of sulfonamides is 1. The largest absolute Gasteiger partial charge is 0.294 e. The number of Topliss-reactive ketones (excluding diaryl/α,β-unsaturated/α-hetero) is 1. The number of benzene rings is 1. The molecule has 110 valence electrons. The zero-order valence-corrected chi connectivity index (χ0v) is 12.2. The Morgan fingerprint density at radius 3 is 2.60 bits per heavy atom. The lowest BCUT2D eigenvalue weighted by atomic mass is 10.0. The number of ketones is 1. The summed E-state index contributed by atoms with van der Waals surface area (Å²) in [6.45, 7) is 2.09. The van der Waals surface area contributed by atoms with Crippen molar-refractivity contribution in [3.63, 3.8) is 0 Å². The van der Waals surface area contributed by atoms with Gasteiger partial charge in [-0.1, -0.05) is 0 Å². The van der Waals surface area contributed by atoms with Gasteiger partial charge in [-0.15, -0.1) is 0 Å². The van der Waals surface area contributed by atoms with E-state index in [1.807, 2.05) is 0 Å². The Morgan fingerprint density at radius 1 is 1.35 bits per heavy atom. The lowest BCUT2D eigenvalue weighted by molar-refractivity contribution is 0.0961. The van der Waals surface area contributed by atoms with Crippen LogP contribution in [-0.4, -0.2) is 36.8 Å². The summed E-state index contributed by atoms with van der Waals surface area (Å²) in [4.78, 5) is 12.1. The fourth-order valence-corrected chi connectivity index (χ4v) is 3.89. The second-order valence-corrected chi connectivity index (χ2v) is 7.15. The standard InChI is InChI=1S/C14H18FNO3S/c1-2-20(18,19)16-9-3-4-13(16)10-14(17)11-5-7-12(15)8-6-11/h5-8,13H,2-4,9-10H2,1H3/t13-/m1/s1. The summed E-state index contributed by atoms with van der Waals surface area (Å²) in [7, 11) is -3.26. The molecule has 0 aliphatic carbocycles. The highest BCUT2D eigenvalue weighted by Crippen LogP contribution is 2.25. The Balaban J connectivity index is 2.09. The predicted octanol–water partition coefficient (Wildman–Crippen LogP) is 2.21. The van der Waals surface area contributed by atoms with E-state index >= 15 is 0 Å². The van der Waals surface area contributed by atoms with Crippen molar-refractivity contribution in [2.24, 2.45) is 0 Å². The second-order valence-electron chi connectivity index (χ2n) is 4.94. The minimum atomic E-state index is -3.26. The van der Waals surface area contributed by atoms with Gasteiger partial charge in [-0.25, -0.2) is 12.8 Å². The third kappa shape index (κ3) is 3.24. The van der Waals surface area contributed by atoms with Crippen molar-refractivity contribution in [1.29, 1.82) is 0 Å². The van der Waals surface area contributed by atoms with Crippen LogP contribution in [0.3, 0.4) is 0 Å². The lowest BCUT2D eigenvalue weighted by Crippen LogP contribution is -2.37. The highest BCUT2D eigenvalue weighted by molar-refractivity contribution is 7.89. The van der Waals surface area contributed by atoms with Crippen molar-refractivity contribution < 1.29 is 17.6 Å². The van der Waals surface area contributed by atoms with Gasteiger partial charge in [0.05, 0.1) is 5.75 Å². The molecule has 0 unspecified atom stereocenters. The van der Waals surface area contributed by atoms with Crippen LogP contribution >= 0.6 is 0 Å². The Morgan fingerprint density at radius 2 is 2.00 bits per heavy atom. The normalized spacial score (nSPS) is 20.2. The van der Waals surface area contributed by atoms with Crippen molar-refractivity contribution in [2.75, 3.05) is 12.3 Å². The van der Waals surface area contributed by atoms with Crippen molar-refractivity contribution in [1.82, 2.24) is 4.31 Å². The van der Waals surface area contributed by atoms with E-state index < -0.39 is 15.8 Å². The molecule has 0 N–H and O–H groups in total. The average molecular weight is 299 g/mol. The molecule has 1 aliphatic rings. The molecule has 0 amide bonds. The summed E-state index contributed by atoms with van der Waals surface area (Å²) < 4.78 is 38.1. The van der Waals surface area contributed by atoms with Crippen LogP contribution in [0.4, 0.5) is 4.39 Å². The molecule has 1 heterocycles. The third-order valence-corrected chi connectivity index (χ3v) is 5.56. The van der Waals surface area contributed by atoms with Gasteiger partial charge in [0.15, 0.2) is 5.78 Å². The van der Waals surface area contributed by atoms with E-state index in [1.165, 1.54) is 28.6 Å². The van der Waals surface area contributed by atoms with Gasteiger partial charge in [-0.05, 0) is 44.0 Å². The minimum Gasteiger partial charge on any atom is -0.294 e. The topological polar surface area (TPSA) is 54.5 Å². The van der Waals surface area contributed by atoms with E-state index in [1.54, 1.807) is 6.92 Å². The van der Waals surface area contributed by atoms with Crippen LogP contribution in [0.1, 0.15) is 36.5 Å². The maximum Gasteiger partial charge on any atom is 0.214 e. The lowest BCUT2D eigenvalue weighted by Gasteiger charge is -2.22. The van der Waals surface area contributed by atoms with Gasteiger partial charge in [0.2, 0.25) is 10.0 Å². The number of carbonyl (C=O) groups is 1. The first-order valence-electron chi connectivity index (χ1n) is 6.72. The zero-order valence-electron chi connectivity index (χ0n) is 11.4. The summed E-state index contributed by atoms with van der Waals surface area (Å²) in [5.74, 6) is -0.486. The summed E-state index contributed by atoms with van der Waals surface area (Å²) in [5, 5.41) is 0. The van der Waals surface area contributed by atoms with E-state index in [4.69, 9.17) is 0 Å². The zero-order chi connectivity index (χ0) is 14.8. The molecule has 20 heavy (non-hydrogen) atoms. The second kappa shape index (κ2) is 6.01. The van der Waals surface area contributed by atoms with Gasteiger partial charge in [0.1, 0.15) is 5.82 Å². The summed E-state index contributed by atoms with van der Waals surface area (Å²) in [6, 6.07) is 5.08. The molecular weight excluding hydrogens is 281 g/mol. The van der Waals surface area contributed by atoms with Gasteiger partial charge >= 0.3 is 0 Å². The van der Waals surface area contributed by atoms with Crippen LogP contribution in [0.15, 0.2) is 24.3 Å². The average Bonchev–Trinajstić information content (AvgIpc) is 2.88. The van der Waals surface area contributed by atoms with Crippen LogP contribution < -0.4 is 0 Å². The molecule has 0 spiro atoms. The van der Waals surface area contributed by atoms with Crippen LogP contribution in [0.2, 0.25) is 0 Å². The number of halogens is 1. The summed E-state index contributed by atoms with van der Waals surface area (Å²) in [6.07, 6.45) is 1.64. The van der Waals surface area contributed by atoms with Gasteiger partial charge in [-0.2, -0.15) is 4.31 Å². The van der Waals surface area contributed by atoms with Gasteiger partial charge in [-0.3, -0.25) is 4.79 Å². The molecule has 0 bridgehead atoms. The summed E-state index contributed by atoms with van der Waals surface area (Å²) >= 11 is 0. The molecule has 1 aliphatic heterocycles. The molecule has 1 fully saturated rings. The van der Waals surface area contributed by atoms with Gasteiger partial charge in [0.25, 0.3) is 0 Å². The van der Waals surface area contributed by atoms with Crippen molar-refractivity contribution in [3.8, 4) is 0 Å². The smallest absolute Gasteiger partial charge is 0.214 e. The number of rotatable bonds is 5. The fourth-order valence-electron chi connectivity index (χ4n) is 2.51. The molecule has 1 saturated heterocycles. The number of hydrogen-bond acceptors (Lipinski definition) is 3. The number of nitrogens with zero attached hydrogens (tertiary/aromatic N) is 1. The maximum atomic E-state index is 12.8. The molecule has 0 radical (unpaired) electrons. The molecule has 4 nitrogen and oxygen atoms in total. The molecule has 1 aromatic carbocycles. The quantitative estimate of drug-likeness (QED) is 0.783. The van der Waals surface area contributed by atoms with Crippen LogP contribution in [0.5, 0.6) is 0 Å². The Bertz CT molecular complexity index is 583. The molecule has 0 saturated carbocycles. The van der Waals surface area contributed by atoms with Crippen molar-refractivity contribution >= 4 is 15.8 Å². The van der Waals surface area contributed by atoms with Gasteiger partial charge < -0.3 is 0 Å². The monoisotopic (exact) mass is 299 g/mol. The first-order chi connectivity index (χ1) is 9.44. The third-order valence-electron chi connectivity index (χ3n) is 3.63. The van der Waals surface area contributed by atoms with E-state index in [0.29, 0.717) is 18.5 Å². The van der Waals surface area contributed by atoms with E-state index in [9.17, 15) is 17.6 Å². The highest BCUT2D eigenvalue weighted by Gasteiger charge is 2.34. The molecule has 1 atom stereocenters. The highest BCUT2D eigenvalue weighted by atomic mass is 32.2. The Hall–Kier alpha value is -1.27.